The van der Waals surface area contributed by atoms with E-state index in [4.69, 9.17) is 9.84 Å². The average Bonchev–Trinajstić information content (AvgIpc) is 3.09. The van der Waals surface area contributed by atoms with Gasteiger partial charge in [-0.3, -0.25) is 4.79 Å². The fraction of sp³-hybridized carbons (Fsp3) is 0.500. The monoisotopic (exact) mass is 276 g/mol. The zero-order valence-electron chi connectivity index (χ0n) is 11.0. The van der Waals surface area contributed by atoms with Crippen LogP contribution in [0.1, 0.15) is 33.8 Å². The zero-order valence-corrected chi connectivity index (χ0v) is 11.0. The SMILES string of the molecule is O=C(O)c1cccc(C(=O)N2CCC3(CCOC3)C2)n1. The van der Waals surface area contributed by atoms with Crippen molar-refractivity contribution in [2.75, 3.05) is 26.3 Å². The molecule has 1 atom stereocenters. The topological polar surface area (TPSA) is 79.7 Å². The number of pyridine rings is 1. The number of carboxylic acid groups (broad SMARTS) is 1. The van der Waals surface area contributed by atoms with Crippen LogP contribution in [0.2, 0.25) is 0 Å². The molecule has 20 heavy (non-hydrogen) atoms. The van der Waals surface area contributed by atoms with Crippen LogP contribution in [-0.2, 0) is 4.74 Å². The van der Waals surface area contributed by atoms with E-state index in [0.29, 0.717) is 19.7 Å². The Morgan fingerprint density at radius 3 is 2.80 bits per heavy atom. The Balaban J connectivity index is 1.76. The average molecular weight is 276 g/mol. The van der Waals surface area contributed by atoms with Crippen LogP contribution < -0.4 is 0 Å². The van der Waals surface area contributed by atoms with Gasteiger partial charge in [0, 0.05) is 25.1 Å². The van der Waals surface area contributed by atoms with Gasteiger partial charge in [0.1, 0.15) is 11.4 Å². The van der Waals surface area contributed by atoms with E-state index in [1.807, 2.05) is 0 Å². The molecule has 2 aliphatic heterocycles. The van der Waals surface area contributed by atoms with E-state index in [9.17, 15) is 9.59 Å². The maximum atomic E-state index is 12.4. The Morgan fingerprint density at radius 1 is 1.30 bits per heavy atom. The Morgan fingerprint density at radius 2 is 2.10 bits per heavy atom. The fourth-order valence-corrected chi connectivity index (χ4v) is 2.91. The van der Waals surface area contributed by atoms with Crippen LogP contribution in [0.15, 0.2) is 18.2 Å². The van der Waals surface area contributed by atoms with Crippen molar-refractivity contribution in [2.45, 2.75) is 12.8 Å². The second-order valence-electron chi connectivity index (χ2n) is 5.49. The molecule has 1 aromatic heterocycles. The molecule has 2 fully saturated rings. The van der Waals surface area contributed by atoms with Crippen molar-refractivity contribution in [1.82, 2.24) is 9.88 Å². The maximum Gasteiger partial charge on any atom is 0.354 e. The first-order chi connectivity index (χ1) is 9.60. The Hall–Kier alpha value is -1.95. The van der Waals surface area contributed by atoms with Crippen molar-refractivity contribution in [2.24, 2.45) is 5.41 Å². The second kappa shape index (κ2) is 4.86. The van der Waals surface area contributed by atoms with E-state index in [1.165, 1.54) is 6.07 Å². The molecular formula is C14H16N2O4. The van der Waals surface area contributed by atoms with Crippen LogP contribution in [-0.4, -0.2) is 53.2 Å². The molecular weight excluding hydrogens is 260 g/mol. The van der Waals surface area contributed by atoms with E-state index in [0.717, 1.165) is 19.4 Å². The van der Waals surface area contributed by atoms with Crippen LogP contribution >= 0.6 is 0 Å². The quantitative estimate of drug-likeness (QED) is 0.872. The Labute approximate surface area is 116 Å². The predicted octanol–water partition coefficient (Wildman–Crippen LogP) is 1.03. The molecule has 0 saturated carbocycles. The summed E-state index contributed by atoms with van der Waals surface area (Å²) in [6.45, 7) is 2.82. The van der Waals surface area contributed by atoms with Gasteiger partial charge in [-0.15, -0.1) is 0 Å². The van der Waals surface area contributed by atoms with Gasteiger partial charge in [-0.1, -0.05) is 6.07 Å². The summed E-state index contributed by atoms with van der Waals surface area (Å²) in [6, 6.07) is 4.49. The third kappa shape index (κ3) is 2.27. The lowest BCUT2D eigenvalue weighted by Gasteiger charge is -2.21. The highest BCUT2D eigenvalue weighted by Crippen LogP contribution is 2.38. The van der Waals surface area contributed by atoms with Gasteiger partial charge in [-0.05, 0) is 25.0 Å². The highest BCUT2D eigenvalue weighted by molar-refractivity contribution is 5.94. The molecule has 2 aliphatic rings. The normalized spacial score (nSPS) is 25.3. The summed E-state index contributed by atoms with van der Waals surface area (Å²) in [5, 5.41) is 8.92. The number of likely N-dealkylation sites (tertiary alicyclic amines) is 1. The predicted molar refractivity (Wildman–Crippen MR) is 69.6 cm³/mol. The second-order valence-corrected chi connectivity index (χ2v) is 5.49. The molecule has 0 aromatic carbocycles. The summed E-state index contributed by atoms with van der Waals surface area (Å²) in [6.07, 6.45) is 1.93. The third-order valence-electron chi connectivity index (χ3n) is 4.10. The minimum Gasteiger partial charge on any atom is -0.477 e. The number of aromatic carboxylic acids is 1. The Kier molecular flexibility index (Phi) is 3.17. The van der Waals surface area contributed by atoms with Gasteiger partial charge in [-0.2, -0.15) is 0 Å². The first-order valence-corrected chi connectivity index (χ1v) is 6.67. The van der Waals surface area contributed by atoms with Crippen LogP contribution in [0.3, 0.4) is 0 Å². The summed E-state index contributed by atoms with van der Waals surface area (Å²) in [5.41, 5.74) is 0.190. The van der Waals surface area contributed by atoms with Gasteiger partial charge >= 0.3 is 5.97 Å². The number of amides is 1. The number of ether oxygens (including phenoxy) is 1. The third-order valence-corrected chi connectivity index (χ3v) is 4.10. The van der Waals surface area contributed by atoms with Crippen molar-refractivity contribution in [3.05, 3.63) is 29.6 Å². The number of hydrogen-bond acceptors (Lipinski definition) is 4. The van der Waals surface area contributed by atoms with Crippen LogP contribution in [0.25, 0.3) is 0 Å². The summed E-state index contributed by atoms with van der Waals surface area (Å²) in [7, 11) is 0. The number of aromatic nitrogens is 1. The van der Waals surface area contributed by atoms with E-state index in [-0.39, 0.29) is 22.7 Å². The molecule has 3 heterocycles. The van der Waals surface area contributed by atoms with Crippen LogP contribution in [0.5, 0.6) is 0 Å². The summed E-state index contributed by atoms with van der Waals surface area (Å²) < 4.78 is 5.44. The largest absolute Gasteiger partial charge is 0.477 e. The molecule has 2 saturated heterocycles. The molecule has 1 amide bonds. The van der Waals surface area contributed by atoms with Gasteiger partial charge < -0.3 is 14.7 Å². The molecule has 1 spiro atoms. The van der Waals surface area contributed by atoms with Crippen molar-refractivity contribution in [3.63, 3.8) is 0 Å². The van der Waals surface area contributed by atoms with E-state index >= 15 is 0 Å². The summed E-state index contributed by atoms with van der Waals surface area (Å²) in [5.74, 6) is -1.32. The minimum atomic E-state index is -1.12. The van der Waals surface area contributed by atoms with Crippen molar-refractivity contribution >= 4 is 11.9 Å². The standard InChI is InChI=1S/C14H16N2O4/c17-12(10-2-1-3-11(15-10)13(18)19)16-6-4-14(8-16)5-7-20-9-14/h1-3H,4-9H2,(H,18,19). The van der Waals surface area contributed by atoms with E-state index in [2.05, 4.69) is 4.98 Å². The number of nitrogens with zero attached hydrogens (tertiary/aromatic N) is 2. The smallest absolute Gasteiger partial charge is 0.354 e. The number of carbonyl (C=O) groups is 2. The molecule has 0 aliphatic carbocycles. The van der Waals surface area contributed by atoms with E-state index in [1.54, 1.807) is 17.0 Å². The highest BCUT2D eigenvalue weighted by Gasteiger charge is 2.43. The number of carbonyl (C=O) groups excluding carboxylic acids is 1. The molecule has 6 nitrogen and oxygen atoms in total. The fourth-order valence-electron chi connectivity index (χ4n) is 2.91. The molecule has 0 bridgehead atoms. The molecule has 6 heteroatoms. The van der Waals surface area contributed by atoms with Crippen LogP contribution in [0.4, 0.5) is 0 Å². The molecule has 1 N–H and O–H groups in total. The first-order valence-electron chi connectivity index (χ1n) is 6.67. The molecule has 106 valence electrons. The van der Waals surface area contributed by atoms with Gasteiger partial charge in [0.15, 0.2) is 0 Å². The minimum absolute atomic E-state index is 0.0973. The summed E-state index contributed by atoms with van der Waals surface area (Å²) in [4.78, 5) is 29.0. The van der Waals surface area contributed by atoms with Gasteiger partial charge in [0.2, 0.25) is 0 Å². The van der Waals surface area contributed by atoms with E-state index < -0.39 is 5.97 Å². The zero-order chi connectivity index (χ0) is 14.2. The van der Waals surface area contributed by atoms with Crippen molar-refractivity contribution in [3.8, 4) is 0 Å². The van der Waals surface area contributed by atoms with Crippen molar-refractivity contribution in [1.29, 1.82) is 0 Å². The van der Waals surface area contributed by atoms with Gasteiger partial charge in [-0.25, -0.2) is 9.78 Å². The number of rotatable bonds is 2. The van der Waals surface area contributed by atoms with Gasteiger partial charge in [0.25, 0.3) is 5.91 Å². The van der Waals surface area contributed by atoms with Crippen LogP contribution in [0, 0.1) is 5.41 Å². The number of hydrogen-bond donors (Lipinski definition) is 1. The Bertz CT molecular complexity index is 552. The summed E-state index contributed by atoms with van der Waals surface area (Å²) >= 11 is 0. The molecule has 1 unspecified atom stereocenters. The lowest BCUT2D eigenvalue weighted by atomic mass is 9.87. The first kappa shape index (κ1) is 13.1. The highest BCUT2D eigenvalue weighted by atomic mass is 16.5. The lowest BCUT2D eigenvalue weighted by Crippen LogP contribution is -2.33. The molecule has 0 radical (unpaired) electrons. The molecule has 1 aromatic rings. The lowest BCUT2D eigenvalue weighted by molar-refractivity contribution is 0.0690. The maximum absolute atomic E-state index is 12.4. The van der Waals surface area contributed by atoms with Gasteiger partial charge in [0.05, 0.1) is 6.61 Å². The molecule has 3 rings (SSSR count). The van der Waals surface area contributed by atoms with Crippen molar-refractivity contribution < 1.29 is 19.4 Å². The number of carboxylic acids is 1.